The van der Waals surface area contributed by atoms with Gasteiger partial charge in [-0.2, -0.15) is 11.8 Å². The number of rotatable bonds is 5. The van der Waals surface area contributed by atoms with Crippen LogP contribution in [0.4, 0.5) is 0 Å². The average Bonchev–Trinajstić information content (AvgIpc) is 2.40. The molecule has 0 saturated heterocycles. The number of hydrogen-bond acceptors (Lipinski definition) is 3. The van der Waals surface area contributed by atoms with E-state index in [0.29, 0.717) is 17.9 Å². The second kappa shape index (κ2) is 6.58. The Balaban J connectivity index is 2.22. The molecule has 0 bridgehead atoms. The van der Waals surface area contributed by atoms with E-state index in [1.54, 1.807) is 0 Å². The fourth-order valence-electron chi connectivity index (χ4n) is 3.24. The van der Waals surface area contributed by atoms with Crippen LogP contribution >= 0.6 is 11.8 Å². The summed E-state index contributed by atoms with van der Waals surface area (Å²) in [6.07, 6.45) is 7.91. The van der Waals surface area contributed by atoms with Gasteiger partial charge in [-0.05, 0) is 55.9 Å². The molecule has 1 aliphatic carbocycles. The van der Waals surface area contributed by atoms with Crippen molar-refractivity contribution in [2.75, 3.05) is 19.1 Å². The first-order chi connectivity index (χ1) is 8.77. The summed E-state index contributed by atoms with van der Waals surface area (Å²) in [6, 6.07) is 4.87. The third kappa shape index (κ3) is 2.89. The second-order valence-electron chi connectivity index (χ2n) is 5.29. The lowest BCUT2D eigenvalue weighted by Gasteiger charge is -2.34. The van der Waals surface area contributed by atoms with E-state index in [0.717, 1.165) is 0 Å². The van der Waals surface area contributed by atoms with Crippen molar-refractivity contribution in [1.82, 2.24) is 10.3 Å². The van der Waals surface area contributed by atoms with Gasteiger partial charge in [0.05, 0.1) is 0 Å². The highest BCUT2D eigenvalue weighted by Gasteiger charge is 2.31. The summed E-state index contributed by atoms with van der Waals surface area (Å²) < 4.78 is 0. The Hall–Kier alpha value is -0.540. The van der Waals surface area contributed by atoms with Crippen molar-refractivity contribution in [2.45, 2.75) is 38.1 Å². The molecule has 0 saturated carbocycles. The van der Waals surface area contributed by atoms with Crippen molar-refractivity contribution < 1.29 is 0 Å². The van der Waals surface area contributed by atoms with Crippen molar-refractivity contribution in [3.05, 3.63) is 29.6 Å². The fraction of sp³-hybridized carbons (Fsp3) is 0.667. The number of nitrogens with one attached hydrogen (secondary N) is 1. The monoisotopic (exact) mass is 264 g/mol. The lowest BCUT2D eigenvalue weighted by atomic mass is 9.78. The van der Waals surface area contributed by atoms with Gasteiger partial charge >= 0.3 is 0 Å². The number of aromatic nitrogens is 1. The number of pyridine rings is 1. The molecule has 2 rings (SSSR count). The van der Waals surface area contributed by atoms with Crippen LogP contribution in [0.3, 0.4) is 0 Å². The maximum Gasteiger partial charge on any atom is 0.0482 e. The predicted molar refractivity (Wildman–Crippen MR) is 80.3 cm³/mol. The summed E-state index contributed by atoms with van der Waals surface area (Å²) >= 11 is 1.94. The van der Waals surface area contributed by atoms with Gasteiger partial charge in [0.15, 0.2) is 0 Å². The molecule has 1 aromatic heterocycles. The van der Waals surface area contributed by atoms with E-state index in [-0.39, 0.29) is 0 Å². The molecule has 0 aliphatic heterocycles. The standard InChI is InChI=1S/C15H24N2S/c1-11(10-18-3)14(16-2)13-8-4-6-12-7-5-9-17-15(12)13/h5,7,9,11,13-14,16H,4,6,8,10H2,1-3H3. The fourth-order valence-corrected chi connectivity index (χ4v) is 3.98. The van der Waals surface area contributed by atoms with Gasteiger partial charge in [0.1, 0.15) is 0 Å². The van der Waals surface area contributed by atoms with E-state index in [4.69, 9.17) is 0 Å². The molecule has 0 fully saturated rings. The van der Waals surface area contributed by atoms with Crippen LogP contribution in [0.1, 0.15) is 36.9 Å². The van der Waals surface area contributed by atoms with Crippen LogP contribution in [0, 0.1) is 5.92 Å². The van der Waals surface area contributed by atoms with E-state index in [9.17, 15) is 0 Å². The minimum atomic E-state index is 0.548. The highest BCUT2D eigenvalue weighted by Crippen LogP contribution is 2.35. The van der Waals surface area contributed by atoms with E-state index in [1.807, 2.05) is 18.0 Å². The van der Waals surface area contributed by atoms with Crippen LogP contribution in [0.5, 0.6) is 0 Å². The minimum absolute atomic E-state index is 0.548. The zero-order chi connectivity index (χ0) is 13.0. The lowest BCUT2D eigenvalue weighted by molar-refractivity contribution is 0.332. The topological polar surface area (TPSA) is 24.9 Å². The molecule has 3 atom stereocenters. The highest BCUT2D eigenvalue weighted by molar-refractivity contribution is 7.98. The molecule has 0 aromatic carbocycles. The first kappa shape index (κ1) is 13.9. The van der Waals surface area contributed by atoms with Crippen molar-refractivity contribution >= 4 is 11.8 Å². The third-order valence-corrected chi connectivity index (χ3v) is 4.91. The summed E-state index contributed by atoms with van der Waals surface area (Å²) in [5.41, 5.74) is 2.81. The van der Waals surface area contributed by atoms with Crippen LogP contribution in [-0.4, -0.2) is 30.1 Å². The summed E-state index contributed by atoms with van der Waals surface area (Å²) in [4.78, 5) is 4.67. The van der Waals surface area contributed by atoms with Crippen molar-refractivity contribution in [2.24, 2.45) is 5.92 Å². The molecule has 18 heavy (non-hydrogen) atoms. The van der Waals surface area contributed by atoms with Crippen LogP contribution in [0.15, 0.2) is 18.3 Å². The summed E-state index contributed by atoms with van der Waals surface area (Å²) in [6.45, 7) is 2.36. The quantitative estimate of drug-likeness (QED) is 0.884. The van der Waals surface area contributed by atoms with Gasteiger partial charge in [-0.3, -0.25) is 4.98 Å². The number of thioether (sulfide) groups is 1. The SMILES string of the molecule is CNC(C(C)CSC)C1CCCc2cccnc21. The van der Waals surface area contributed by atoms with Crippen molar-refractivity contribution in [3.63, 3.8) is 0 Å². The zero-order valence-corrected chi connectivity index (χ0v) is 12.5. The van der Waals surface area contributed by atoms with Gasteiger partial charge in [0.25, 0.3) is 0 Å². The molecule has 1 aliphatic rings. The molecule has 1 N–H and O–H groups in total. The molecule has 100 valence electrons. The summed E-state index contributed by atoms with van der Waals surface area (Å²) in [5.74, 6) is 2.48. The molecule has 2 nitrogen and oxygen atoms in total. The number of fused-ring (bicyclic) bond motifs is 1. The molecule has 1 aromatic rings. The minimum Gasteiger partial charge on any atom is -0.316 e. The Morgan fingerprint density at radius 1 is 1.56 bits per heavy atom. The number of hydrogen-bond donors (Lipinski definition) is 1. The second-order valence-corrected chi connectivity index (χ2v) is 6.20. The molecule has 1 heterocycles. The van der Waals surface area contributed by atoms with Crippen molar-refractivity contribution in [1.29, 1.82) is 0 Å². The molecule has 0 spiro atoms. The average molecular weight is 264 g/mol. The Kier molecular flexibility index (Phi) is 5.07. The Morgan fingerprint density at radius 3 is 3.11 bits per heavy atom. The van der Waals surface area contributed by atoms with Crippen LogP contribution in [0.25, 0.3) is 0 Å². The van der Waals surface area contributed by atoms with Gasteiger partial charge in [0, 0.05) is 23.9 Å². The third-order valence-electron chi connectivity index (χ3n) is 4.05. The van der Waals surface area contributed by atoms with E-state index >= 15 is 0 Å². The molecule has 3 unspecified atom stereocenters. The van der Waals surface area contributed by atoms with Gasteiger partial charge in [-0.15, -0.1) is 0 Å². The number of nitrogens with zero attached hydrogens (tertiary/aromatic N) is 1. The van der Waals surface area contributed by atoms with Gasteiger partial charge in [0.2, 0.25) is 0 Å². The van der Waals surface area contributed by atoms with E-state index in [2.05, 4.69) is 42.7 Å². The predicted octanol–water partition coefficient (Wildman–Crippen LogP) is 3.09. The smallest absolute Gasteiger partial charge is 0.0482 e. The van der Waals surface area contributed by atoms with Gasteiger partial charge in [-0.25, -0.2) is 0 Å². The first-order valence-electron chi connectivity index (χ1n) is 6.88. The van der Waals surface area contributed by atoms with E-state index in [1.165, 1.54) is 36.3 Å². The molecule has 0 amide bonds. The summed E-state index contributed by atoms with van der Waals surface area (Å²) in [5, 5.41) is 3.54. The number of aryl methyl sites for hydroxylation is 1. The molecule has 0 radical (unpaired) electrons. The Morgan fingerprint density at radius 2 is 2.39 bits per heavy atom. The molecule has 3 heteroatoms. The molecular weight excluding hydrogens is 240 g/mol. The largest absolute Gasteiger partial charge is 0.316 e. The maximum absolute atomic E-state index is 4.67. The zero-order valence-electron chi connectivity index (χ0n) is 11.6. The van der Waals surface area contributed by atoms with Crippen LogP contribution in [-0.2, 0) is 6.42 Å². The Bertz CT molecular complexity index is 381. The van der Waals surface area contributed by atoms with Crippen LogP contribution in [0.2, 0.25) is 0 Å². The normalized spacial score (nSPS) is 22.3. The maximum atomic E-state index is 4.67. The van der Waals surface area contributed by atoms with Crippen LogP contribution < -0.4 is 5.32 Å². The first-order valence-corrected chi connectivity index (χ1v) is 8.27. The van der Waals surface area contributed by atoms with E-state index < -0.39 is 0 Å². The van der Waals surface area contributed by atoms with Gasteiger partial charge < -0.3 is 5.32 Å². The molecular formula is C15H24N2S. The van der Waals surface area contributed by atoms with Crippen molar-refractivity contribution in [3.8, 4) is 0 Å². The highest BCUT2D eigenvalue weighted by atomic mass is 32.2. The Labute approximate surface area is 115 Å². The number of likely N-dealkylation sites (N-methyl/N-ethyl adjacent to an activating group) is 1. The summed E-state index contributed by atoms with van der Waals surface area (Å²) in [7, 11) is 2.10. The van der Waals surface area contributed by atoms with Gasteiger partial charge in [-0.1, -0.05) is 13.0 Å². The lowest BCUT2D eigenvalue weighted by Crippen LogP contribution is -2.40.